The summed E-state index contributed by atoms with van der Waals surface area (Å²) in [5.74, 6) is 0. The number of hydrogen-bond acceptors (Lipinski definition) is 2. The maximum atomic E-state index is 3.61. The van der Waals surface area contributed by atoms with Crippen LogP contribution in [0.5, 0.6) is 0 Å². The number of nitrogens with zero attached hydrogens (tertiary/aromatic N) is 1. The third kappa shape index (κ3) is 6.11. The molecule has 1 rings (SSSR count). The second kappa shape index (κ2) is 7.54. The van der Waals surface area contributed by atoms with E-state index in [4.69, 9.17) is 0 Å². The Morgan fingerprint density at radius 3 is 2.32 bits per heavy atom. The topological polar surface area (TPSA) is 15.3 Å². The first kappa shape index (κ1) is 16.0. The van der Waals surface area contributed by atoms with E-state index >= 15 is 0 Å². The fourth-order valence-corrected chi connectivity index (χ4v) is 2.12. The van der Waals surface area contributed by atoms with Gasteiger partial charge in [0.05, 0.1) is 0 Å². The van der Waals surface area contributed by atoms with E-state index in [1.807, 2.05) is 0 Å². The molecule has 1 aromatic carbocycles. The van der Waals surface area contributed by atoms with Crippen molar-refractivity contribution in [2.45, 2.75) is 59.0 Å². The van der Waals surface area contributed by atoms with Crippen molar-refractivity contribution in [2.75, 3.05) is 18.0 Å². The molecule has 0 saturated carbocycles. The highest BCUT2D eigenvalue weighted by molar-refractivity contribution is 5.46. The minimum absolute atomic E-state index is 0.182. The molecular weight excluding hydrogens is 232 g/mol. The van der Waals surface area contributed by atoms with Crippen molar-refractivity contribution in [3.63, 3.8) is 0 Å². The Morgan fingerprint density at radius 2 is 1.79 bits per heavy atom. The van der Waals surface area contributed by atoms with Crippen molar-refractivity contribution in [2.24, 2.45) is 0 Å². The van der Waals surface area contributed by atoms with E-state index < -0.39 is 0 Å². The molecule has 2 nitrogen and oxygen atoms in total. The highest BCUT2D eigenvalue weighted by atomic mass is 15.2. The largest absolute Gasteiger partial charge is 0.368 e. The van der Waals surface area contributed by atoms with Gasteiger partial charge in [0.2, 0.25) is 0 Å². The summed E-state index contributed by atoms with van der Waals surface area (Å²) in [5.41, 5.74) is 1.51. The molecule has 108 valence electrons. The van der Waals surface area contributed by atoms with Crippen molar-refractivity contribution in [1.82, 2.24) is 5.32 Å². The predicted octanol–water partition coefficient (Wildman–Crippen LogP) is 4.07. The van der Waals surface area contributed by atoms with Gasteiger partial charge < -0.3 is 10.2 Å². The predicted molar refractivity (Wildman–Crippen MR) is 85.9 cm³/mol. The number of hydrogen-bond donors (Lipinski definition) is 1. The third-order valence-corrected chi connectivity index (χ3v) is 3.30. The van der Waals surface area contributed by atoms with Crippen LogP contribution in [0.4, 0.5) is 5.69 Å². The lowest BCUT2D eigenvalue weighted by Gasteiger charge is -2.34. The Bertz CT molecular complexity index is 340. The van der Waals surface area contributed by atoms with Crippen LogP contribution in [0.25, 0.3) is 0 Å². The summed E-state index contributed by atoms with van der Waals surface area (Å²) in [6.45, 7) is 13.4. The van der Waals surface area contributed by atoms with Gasteiger partial charge in [-0.05, 0) is 46.2 Å². The van der Waals surface area contributed by atoms with Crippen molar-refractivity contribution in [3.8, 4) is 0 Å². The average molecular weight is 262 g/mol. The molecule has 0 fully saturated rings. The van der Waals surface area contributed by atoms with Crippen molar-refractivity contribution in [3.05, 3.63) is 30.3 Å². The van der Waals surface area contributed by atoms with E-state index in [0.717, 1.165) is 13.1 Å². The summed E-state index contributed by atoms with van der Waals surface area (Å²) in [4.78, 5) is 2.52. The molecule has 0 aliphatic carbocycles. The Labute approximate surface area is 119 Å². The molecule has 2 heteroatoms. The minimum atomic E-state index is 0.182. The number of rotatable bonds is 7. The Balaban J connectivity index is 2.68. The van der Waals surface area contributed by atoms with E-state index in [0.29, 0.717) is 6.04 Å². The maximum Gasteiger partial charge on any atom is 0.0386 e. The van der Waals surface area contributed by atoms with Gasteiger partial charge in [-0.3, -0.25) is 0 Å². The van der Waals surface area contributed by atoms with Crippen LogP contribution < -0.4 is 10.2 Å². The van der Waals surface area contributed by atoms with Gasteiger partial charge in [-0.1, -0.05) is 31.5 Å². The van der Waals surface area contributed by atoms with Gasteiger partial charge in [-0.2, -0.15) is 0 Å². The molecule has 1 aromatic rings. The molecule has 0 saturated heterocycles. The van der Waals surface area contributed by atoms with Gasteiger partial charge in [-0.25, -0.2) is 0 Å². The van der Waals surface area contributed by atoms with Crippen molar-refractivity contribution < 1.29 is 0 Å². The van der Waals surface area contributed by atoms with E-state index in [1.165, 1.54) is 18.5 Å². The SMILES string of the molecule is CCCCN(c1ccccc1)C(C)CNC(C)(C)C. The number of anilines is 1. The molecule has 0 aliphatic heterocycles. The lowest BCUT2D eigenvalue weighted by atomic mass is 10.1. The zero-order valence-corrected chi connectivity index (χ0v) is 13.2. The Morgan fingerprint density at radius 1 is 1.16 bits per heavy atom. The highest BCUT2D eigenvalue weighted by Gasteiger charge is 2.16. The molecule has 0 radical (unpaired) electrons. The van der Waals surface area contributed by atoms with Gasteiger partial charge in [0.15, 0.2) is 0 Å². The van der Waals surface area contributed by atoms with Gasteiger partial charge in [0.25, 0.3) is 0 Å². The molecular formula is C17H30N2. The van der Waals surface area contributed by atoms with E-state index in [-0.39, 0.29) is 5.54 Å². The summed E-state index contributed by atoms with van der Waals surface area (Å²) in [6, 6.07) is 11.3. The average Bonchev–Trinajstić information content (AvgIpc) is 2.37. The van der Waals surface area contributed by atoms with E-state index in [2.05, 4.69) is 75.2 Å². The summed E-state index contributed by atoms with van der Waals surface area (Å²) in [5, 5.41) is 3.61. The van der Waals surface area contributed by atoms with E-state index in [1.54, 1.807) is 0 Å². The Kier molecular flexibility index (Phi) is 6.36. The highest BCUT2D eigenvalue weighted by Crippen LogP contribution is 2.17. The monoisotopic (exact) mass is 262 g/mol. The second-order valence-electron chi connectivity index (χ2n) is 6.36. The summed E-state index contributed by atoms with van der Waals surface area (Å²) in [6.07, 6.45) is 2.48. The van der Waals surface area contributed by atoms with Gasteiger partial charge in [0, 0.05) is 30.4 Å². The quantitative estimate of drug-likeness (QED) is 0.797. The zero-order valence-electron chi connectivity index (χ0n) is 13.2. The van der Waals surface area contributed by atoms with Crippen LogP contribution in [0.2, 0.25) is 0 Å². The fraction of sp³-hybridized carbons (Fsp3) is 0.647. The molecule has 0 amide bonds. The lowest BCUT2D eigenvalue weighted by Crippen LogP contribution is -2.46. The van der Waals surface area contributed by atoms with Crippen molar-refractivity contribution >= 4 is 5.69 Å². The molecule has 0 spiro atoms. The Hall–Kier alpha value is -1.02. The maximum absolute atomic E-state index is 3.61. The molecule has 1 N–H and O–H groups in total. The van der Waals surface area contributed by atoms with Gasteiger partial charge in [0.1, 0.15) is 0 Å². The molecule has 1 unspecified atom stereocenters. The summed E-state index contributed by atoms with van der Waals surface area (Å²) < 4.78 is 0. The second-order valence-corrected chi connectivity index (χ2v) is 6.36. The first-order chi connectivity index (χ1) is 8.94. The standard InChI is InChI=1S/C17H30N2/c1-6-7-13-19(16-11-9-8-10-12-16)15(2)14-18-17(3,4)5/h8-12,15,18H,6-7,13-14H2,1-5H3. The summed E-state index contributed by atoms with van der Waals surface area (Å²) in [7, 11) is 0. The number of nitrogens with one attached hydrogen (secondary N) is 1. The van der Waals surface area contributed by atoms with Crippen LogP contribution in [0.1, 0.15) is 47.5 Å². The summed E-state index contributed by atoms with van der Waals surface area (Å²) >= 11 is 0. The molecule has 0 heterocycles. The molecule has 19 heavy (non-hydrogen) atoms. The minimum Gasteiger partial charge on any atom is -0.368 e. The zero-order chi connectivity index (χ0) is 14.3. The van der Waals surface area contributed by atoms with Crippen LogP contribution in [-0.2, 0) is 0 Å². The fourth-order valence-electron chi connectivity index (χ4n) is 2.12. The first-order valence-corrected chi connectivity index (χ1v) is 7.50. The smallest absolute Gasteiger partial charge is 0.0386 e. The molecule has 1 atom stereocenters. The molecule has 0 aromatic heterocycles. The van der Waals surface area contributed by atoms with Crippen LogP contribution in [0.3, 0.4) is 0 Å². The lowest BCUT2D eigenvalue weighted by molar-refractivity contribution is 0.403. The van der Waals surface area contributed by atoms with Crippen LogP contribution in [0, 0.1) is 0 Å². The normalized spacial score (nSPS) is 13.3. The third-order valence-electron chi connectivity index (χ3n) is 3.30. The van der Waals surface area contributed by atoms with Gasteiger partial charge in [-0.15, -0.1) is 0 Å². The molecule has 0 aliphatic rings. The van der Waals surface area contributed by atoms with Gasteiger partial charge >= 0.3 is 0 Å². The van der Waals surface area contributed by atoms with E-state index in [9.17, 15) is 0 Å². The van der Waals surface area contributed by atoms with Crippen LogP contribution in [0.15, 0.2) is 30.3 Å². The van der Waals surface area contributed by atoms with Crippen LogP contribution in [-0.4, -0.2) is 24.7 Å². The molecule has 0 bridgehead atoms. The van der Waals surface area contributed by atoms with Crippen LogP contribution >= 0.6 is 0 Å². The first-order valence-electron chi connectivity index (χ1n) is 7.50. The number of unbranched alkanes of at least 4 members (excludes halogenated alkanes) is 1. The number of para-hydroxylation sites is 1. The van der Waals surface area contributed by atoms with Crippen molar-refractivity contribution in [1.29, 1.82) is 0 Å². The number of benzene rings is 1.